The number of hydrogen-bond donors (Lipinski definition) is 1. The van der Waals surface area contributed by atoms with E-state index < -0.39 is 5.54 Å². The number of hydrogen-bond acceptors (Lipinski definition) is 5. The monoisotopic (exact) mass is 354 g/mol. The molecule has 0 aliphatic carbocycles. The molecule has 1 aromatic heterocycles. The van der Waals surface area contributed by atoms with Crippen molar-refractivity contribution in [1.82, 2.24) is 20.1 Å². The van der Waals surface area contributed by atoms with E-state index in [1.807, 2.05) is 37.3 Å². The topological polar surface area (TPSA) is 78.7 Å². The number of piperidine rings is 1. The number of rotatable bonds is 3. The standard InChI is InChI=1S/C19H22N4O3/c1-13-15(26-16(20-13)14-6-4-3-5-7-14)12-23-10-8-19(9-11-23)17(24)22(2)18(25)21-19/h3-7H,8-12H2,1-2H3,(H,21,25). The van der Waals surface area contributed by atoms with Gasteiger partial charge in [0.2, 0.25) is 5.89 Å². The number of likely N-dealkylation sites (N-methyl/N-ethyl adjacent to an activating group) is 1. The van der Waals surface area contributed by atoms with Crippen molar-refractivity contribution in [3.8, 4) is 11.5 Å². The Balaban J connectivity index is 1.43. The Morgan fingerprint density at radius 3 is 2.50 bits per heavy atom. The summed E-state index contributed by atoms with van der Waals surface area (Å²) in [6.45, 7) is 4.05. The van der Waals surface area contributed by atoms with Crippen molar-refractivity contribution in [2.75, 3.05) is 20.1 Å². The molecule has 2 fully saturated rings. The fraction of sp³-hybridized carbons (Fsp3) is 0.421. The van der Waals surface area contributed by atoms with Gasteiger partial charge >= 0.3 is 6.03 Å². The molecule has 0 unspecified atom stereocenters. The minimum atomic E-state index is -0.728. The molecule has 0 bridgehead atoms. The molecule has 0 radical (unpaired) electrons. The highest BCUT2D eigenvalue weighted by atomic mass is 16.4. The first-order chi connectivity index (χ1) is 12.5. The Morgan fingerprint density at radius 1 is 1.19 bits per heavy atom. The summed E-state index contributed by atoms with van der Waals surface area (Å²) >= 11 is 0. The van der Waals surface area contributed by atoms with Crippen molar-refractivity contribution in [2.24, 2.45) is 0 Å². The molecule has 1 spiro atoms. The van der Waals surface area contributed by atoms with Crippen molar-refractivity contribution < 1.29 is 14.0 Å². The molecule has 0 atom stereocenters. The largest absolute Gasteiger partial charge is 0.440 e. The molecule has 0 saturated carbocycles. The van der Waals surface area contributed by atoms with Crippen LogP contribution >= 0.6 is 0 Å². The van der Waals surface area contributed by atoms with E-state index in [0.717, 1.165) is 30.1 Å². The van der Waals surface area contributed by atoms with Gasteiger partial charge in [0.05, 0.1) is 12.2 Å². The van der Waals surface area contributed by atoms with Crippen LogP contribution < -0.4 is 5.32 Å². The summed E-state index contributed by atoms with van der Waals surface area (Å²) in [5.74, 6) is 1.36. The first-order valence-corrected chi connectivity index (χ1v) is 8.83. The van der Waals surface area contributed by atoms with Crippen LogP contribution in [0.15, 0.2) is 34.7 Å². The van der Waals surface area contributed by atoms with E-state index in [9.17, 15) is 9.59 Å². The Bertz CT molecular complexity index is 838. The Kier molecular flexibility index (Phi) is 4.03. The second-order valence-electron chi connectivity index (χ2n) is 7.05. The van der Waals surface area contributed by atoms with Crippen molar-refractivity contribution in [3.05, 3.63) is 41.8 Å². The van der Waals surface area contributed by atoms with Crippen molar-refractivity contribution >= 4 is 11.9 Å². The molecule has 4 rings (SSSR count). The lowest BCUT2D eigenvalue weighted by molar-refractivity contribution is -0.132. The third-order valence-corrected chi connectivity index (χ3v) is 5.36. The van der Waals surface area contributed by atoms with E-state index in [0.29, 0.717) is 25.3 Å². The minimum Gasteiger partial charge on any atom is -0.440 e. The summed E-state index contributed by atoms with van der Waals surface area (Å²) < 4.78 is 5.98. The van der Waals surface area contributed by atoms with Crippen molar-refractivity contribution in [2.45, 2.75) is 31.8 Å². The fourth-order valence-corrected chi connectivity index (χ4v) is 3.67. The Labute approximate surface area is 152 Å². The highest BCUT2D eigenvalue weighted by Gasteiger charge is 2.50. The van der Waals surface area contributed by atoms with Crippen LogP contribution in [0, 0.1) is 6.92 Å². The van der Waals surface area contributed by atoms with Gasteiger partial charge in [-0.25, -0.2) is 9.78 Å². The molecule has 2 saturated heterocycles. The number of oxazole rings is 1. The number of benzene rings is 1. The van der Waals surface area contributed by atoms with E-state index in [-0.39, 0.29) is 11.9 Å². The smallest absolute Gasteiger partial charge is 0.324 e. The molecule has 7 heteroatoms. The van der Waals surface area contributed by atoms with Crippen LogP contribution in [-0.2, 0) is 11.3 Å². The predicted octanol–water partition coefficient (Wildman–Crippen LogP) is 2.17. The third-order valence-electron chi connectivity index (χ3n) is 5.36. The van der Waals surface area contributed by atoms with Crippen molar-refractivity contribution in [1.29, 1.82) is 0 Å². The summed E-state index contributed by atoms with van der Waals surface area (Å²) in [6.07, 6.45) is 1.22. The van der Waals surface area contributed by atoms with Gasteiger partial charge in [-0.15, -0.1) is 0 Å². The third kappa shape index (κ3) is 2.78. The molecule has 2 aromatic rings. The average molecular weight is 354 g/mol. The lowest BCUT2D eigenvalue weighted by Crippen LogP contribution is -2.54. The number of carbonyl (C=O) groups is 2. The summed E-state index contributed by atoms with van der Waals surface area (Å²) in [4.78, 5) is 32.1. The van der Waals surface area contributed by atoms with E-state index in [1.54, 1.807) is 0 Å². The van der Waals surface area contributed by atoms with Gasteiger partial charge < -0.3 is 9.73 Å². The van der Waals surface area contributed by atoms with Crippen LogP contribution in [0.25, 0.3) is 11.5 Å². The van der Waals surface area contributed by atoms with Crippen LogP contribution in [0.1, 0.15) is 24.3 Å². The lowest BCUT2D eigenvalue weighted by atomic mass is 9.87. The fourth-order valence-electron chi connectivity index (χ4n) is 3.67. The van der Waals surface area contributed by atoms with E-state index >= 15 is 0 Å². The van der Waals surface area contributed by atoms with Gasteiger partial charge in [0, 0.05) is 25.7 Å². The summed E-state index contributed by atoms with van der Waals surface area (Å²) in [5, 5.41) is 2.87. The Morgan fingerprint density at radius 2 is 1.88 bits per heavy atom. The summed E-state index contributed by atoms with van der Waals surface area (Å²) in [5.41, 5.74) is 1.12. The highest BCUT2D eigenvalue weighted by molar-refractivity contribution is 6.06. The molecule has 3 heterocycles. The highest BCUT2D eigenvalue weighted by Crippen LogP contribution is 2.30. The molecule has 3 amide bonds. The van der Waals surface area contributed by atoms with Gasteiger partial charge in [-0.1, -0.05) is 18.2 Å². The van der Waals surface area contributed by atoms with E-state index in [2.05, 4.69) is 15.2 Å². The number of amides is 3. The Hall–Kier alpha value is -2.67. The zero-order valence-electron chi connectivity index (χ0n) is 15.0. The molecule has 2 aliphatic heterocycles. The first kappa shape index (κ1) is 16.8. The lowest BCUT2D eigenvalue weighted by Gasteiger charge is -2.36. The van der Waals surface area contributed by atoms with E-state index in [1.165, 1.54) is 11.9 Å². The summed E-state index contributed by atoms with van der Waals surface area (Å²) in [7, 11) is 1.53. The molecule has 1 N–H and O–H groups in total. The average Bonchev–Trinajstić information content (AvgIpc) is 3.12. The molecule has 1 aromatic carbocycles. The summed E-state index contributed by atoms with van der Waals surface area (Å²) in [6, 6.07) is 9.53. The van der Waals surface area contributed by atoms with Crippen LogP contribution in [-0.4, -0.2) is 52.4 Å². The maximum absolute atomic E-state index is 12.4. The number of nitrogens with zero attached hydrogens (tertiary/aromatic N) is 3. The number of nitrogens with one attached hydrogen (secondary N) is 1. The second-order valence-corrected chi connectivity index (χ2v) is 7.05. The first-order valence-electron chi connectivity index (χ1n) is 8.83. The SMILES string of the molecule is Cc1nc(-c2ccccc2)oc1CN1CCC2(CC1)NC(=O)N(C)C2=O. The molecule has 136 valence electrons. The molecule has 26 heavy (non-hydrogen) atoms. The molecule has 2 aliphatic rings. The maximum Gasteiger partial charge on any atom is 0.324 e. The van der Waals surface area contributed by atoms with Crippen molar-refractivity contribution in [3.63, 3.8) is 0 Å². The molecular formula is C19H22N4O3. The van der Waals surface area contributed by atoms with Gasteiger partial charge in [0.25, 0.3) is 5.91 Å². The van der Waals surface area contributed by atoms with Crippen LogP contribution in [0.5, 0.6) is 0 Å². The van der Waals surface area contributed by atoms with Gasteiger partial charge in [-0.05, 0) is 31.9 Å². The van der Waals surface area contributed by atoms with Crippen LogP contribution in [0.4, 0.5) is 4.79 Å². The minimum absolute atomic E-state index is 0.121. The zero-order valence-corrected chi connectivity index (χ0v) is 15.0. The molecular weight excluding hydrogens is 332 g/mol. The maximum atomic E-state index is 12.4. The quantitative estimate of drug-likeness (QED) is 0.855. The zero-order chi connectivity index (χ0) is 18.3. The number of aromatic nitrogens is 1. The number of aryl methyl sites for hydroxylation is 1. The second kappa shape index (κ2) is 6.25. The molecule has 7 nitrogen and oxygen atoms in total. The van der Waals surface area contributed by atoms with E-state index in [4.69, 9.17) is 4.42 Å². The van der Waals surface area contributed by atoms with Gasteiger partial charge in [-0.2, -0.15) is 0 Å². The number of urea groups is 1. The normalized spacial score (nSPS) is 20.0. The van der Waals surface area contributed by atoms with Crippen LogP contribution in [0.2, 0.25) is 0 Å². The number of imide groups is 1. The van der Waals surface area contributed by atoms with Crippen LogP contribution in [0.3, 0.4) is 0 Å². The van der Waals surface area contributed by atoms with Gasteiger partial charge in [0.15, 0.2) is 0 Å². The predicted molar refractivity (Wildman–Crippen MR) is 95.2 cm³/mol. The number of likely N-dealkylation sites (tertiary alicyclic amines) is 1. The van der Waals surface area contributed by atoms with Gasteiger partial charge in [0.1, 0.15) is 11.3 Å². The number of carbonyl (C=O) groups excluding carboxylic acids is 2. The van der Waals surface area contributed by atoms with Gasteiger partial charge in [-0.3, -0.25) is 14.6 Å².